The second-order valence-electron chi connectivity index (χ2n) is 16.1. The summed E-state index contributed by atoms with van der Waals surface area (Å²) in [6, 6.07) is 79.8. The molecule has 0 amide bonds. The molecule has 0 spiro atoms. The second-order valence-corrected chi connectivity index (χ2v) is 16.1. The smallest absolute Gasteiger partial charge is 0.164 e. The lowest BCUT2D eigenvalue weighted by Gasteiger charge is -2.12. The van der Waals surface area contributed by atoms with Gasteiger partial charge < -0.3 is 4.57 Å². The van der Waals surface area contributed by atoms with Crippen LogP contribution in [0.5, 0.6) is 0 Å². The minimum atomic E-state index is 0.595. The van der Waals surface area contributed by atoms with Crippen LogP contribution in [0, 0.1) is 0 Å². The molecule has 65 heavy (non-hydrogen) atoms. The van der Waals surface area contributed by atoms with Crippen LogP contribution >= 0.6 is 0 Å². The molecule has 0 radical (unpaired) electrons. The van der Waals surface area contributed by atoms with Crippen LogP contribution in [0.3, 0.4) is 0 Å². The summed E-state index contributed by atoms with van der Waals surface area (Å²) in [4.78, 5) is 25.6. The zero-order chi connectivity index (χ0) is 43.1. The third kappa shape index (κ3) is 7.09. The Morgan fingerprint density at radius 2 is 0.738 bits per heavy atom. The van der Waals surface area contributed by atoms with Gasteiger partial charge in [-0.1, -0.05) is 188 Å². The van der Waals surface area contributed by atoms with Crippen LogP contribution in [-0.2, 0) is 0 Å². The van der Waals surface area contributed by atoms with Gasteiger partial charge in [0.25, 0.3) is 0 Å². The fourth-order valence-electron chi connectivity index (χ4n) is 8.90. The number of hydrogen-bond donors (Lipinski definition) is 0. The van der Waals surface area contributed by atoms with E-state index in [0.29, 0.717) is 23.3 Å². The maximum Gasteiger partial charge on any atom is 0.164 e. The SMILES string of the molecule is c1ccc(-c2cc(-c3cccc(-c4cccc(-c5nc(-c6ccccc6)nc(-c6ccc7c8c9ccccc9ccc8n(-c8ccccc8)c7c6)n5)c4)c3)nc(-c3ccccc3)n2)cc1. The maximum absolute atomic E-state index is 5.24. The average molecular weight is 831 g/mol. The number of hydrogen-bond acceptors (Lipinski definition) is 5. The van der Waals surface area contributed by atoms with Gasteiger partial charge in [-0.25, -0.2) is 24.9 Å². The van der Waals surface area contributed by atoms with Crippen molar-refractivity contribution in [2.24, 2.45) is 0 Å². The number of nitrogens with zero attached hydrogens (tertiary/aromatic N) is 6. The van der Waals surface area contributed by atoms with Gasteiger partial charge in [-0.05, 0) is 64.4 Å². The normalized spacial score (nSPS) is 11.4. The summed E-state index contributed by atoms with van der Waals surface area (Å²) in [5.41, 5.74) is 12.8. The predicted octanol–water partition coefficient (Wildman–Crippen LogP) is 14.6. The summed E-state index contributed by atoms with van der Waals surface area (Å²) in [6.07, 6.45) is 0. The van der Waals surface area contributed by atoms with E-state index in [0.717, 1.165) is 72.6 Å². The van der Waals surface area contributed by atoms with Crippen LogP contribution < -0.4 is 0 Å². The van der Waals surface area contributed by atoms with E-state index in [-0.39, 0.29) is 0 Å². The monoisotopic (exact) mass is 830 g/mol. The van der Waals surface area contributed by atoms with Crippen LogP contribution in [0.2, 0.25) is 0 Å². The number of fused-ring (bicyclic) bond motifs is 5. The molecule has 0 unspecified atom stereocenters. The molecule has 12 aromatic rings. The Bertz CT molecular complexity index is 3640. The summed E-state index contributed by atoms with van der Waals surface area (Å²) >= 11 is 0. The second kappa shape index (κ2) is 16.1. The molecule has 12 rings (SSSR count). The molecule has 304 valence electrons. The zero-order valence-electron chi connectivity index (χ0n) is 35.1. The molecule has 0 bridgehead atoms. The molecule has 0 atom stereocenters. The van der Waals surface area contributed by atoms with Crippen molar-refractivity contribution < 1.29 is 0 Å². The first-order valence-electron chi connectivity index (χ1n) is 21.7. The molecular formula is C59H38N6. The fourth-order valence-corrected chi connectivity index (χ4v) is 8.90. The van der Waals surface area contributed by atoms with Crippen molar-refractivity contribution in [2.45, 2.75) is 0 Å². The number of rotatable bonds is 8. The van der Waals surface area contributed by atoms with Crippen LogP contribution in [-0.4, -0.2) is 29.5 Å². The first kappa shape index (κ1) is 37.9. The Balaban J connectivity index is 0.981. The highest BCUT2D eigenvalue weighted by molar-refractivity contribution is 6.21. The molecule has 0 saturated heterocycles. The Labute approximate surface area is 375 Å². The third-order valence-electron chi connectivity index (χ3n) is 12.0. The van der Waals surface area contributed by atoms with E-state index in [2.05, 4.69) is 168 Å². The molecule has 3 aromatic heterocycles. The van der Waals surface area contributed by atoms with Gasteiger partial charge in [0, 0.05) is 49.8 Å². The standard InChI is InChI=1S/C59H38N6/c1-5-18-40(19-6-1)51-38-52(61-56(60-51)41-20-7-2-8-21-41)45-26-15-24-43(35-45)44-25-16-27-46(36-44)58-62-57(42-22-9-3-10-23-42)63-59(64-58)47-31-33-50-54(37-47)65(48-28-11-4-12-29-48)53-34-32-39-17-13-14-30-49(39)55(50)53/h1-38H. The van der Waals surface area contributed by atoms with Crippen molar-refractivity contribution in [3.05, 3.63) is 231 Å². The summed E-state index contributed by atoms with van der Waals surface area (Å²) in [5, 5.41) is 4.83. The van der Waals surface area contributed by atoms with E-state index >= 15 is 0 Å². The van der Waals surface area contributed by atoms with E-state index < -0.39 is 0 Å². The number of para-hydroxylation sites is 1. The maximum atomic E-state index is 5.24. The van der Waals surface area contributed by atoms with Gasteiger partial charge in [0.2, 0.25) is 0 Å². The van der Waals surface area contributed by atoms with Gasteiger partial charge >= 0.3 is 0 Å². The Morgan fingerprint density at radius 1 is 0.262 bits per heavy atom. The Morgan fingerprint density at radius 3 is 1.40 bits per heavy atom. The van der Waals surface area contributed by atoms with Gasteiger partial charge in [0.1, 0.15) is 0 Å². The summed E-state index contributed by atoms with van der Waals surface area (Å²) in [7, 11) is 0. The lowest BCUT2D eigenvalue weighted by molar-refractivity contribution is 1.07. The molecule has 0 aliphatic carbocycles. The molecule has 6 nitrogen and oxygen atoms in total. The Hall–Kier alpha value is -8.87. The number of benzene rings is 9. The Kier molecular flexibility index (Phi) is 9.38. The first-order valence-corrected chi connectivity index (χ1v) is 21.7. The van der Waals surface area contributed by atoms with Crippen LogP contribution in [0.25, 0.3) is 117 Å². The minimum absolute atomic E-state index is 0.595. The van der Waals surface area contributed by atoms with Gasteiger partial charge in [0.05, 0.1) is 22.4 Å². The molecule has 3 heterocycles. The highest BCUT2D eigenvalue weighted by Gasteiger charge is 2.19. The molecule has 0 N–H and O–H groups in total. The minimum Gasteiger partial charge on any atom is -0.309 e. The van der Waals surface area contributed by atoms with Crippen molar-refractivity contribution in [1.29, 1.82) is 0 Å². The fraction of sp³-hybridized carbons (Fsp3) is 0. The van der Waals surface area contributed by atoms with Gasteiger partial charge in [-0.15, -0.1) is 0 Å². The van der Waals surface area contributed by atoms with E-state index in [1.54, 1.807) is 0 Å². The molecular weight excluding hydrogens is 793 g/mol. The van der Waals surface area contributed by atoms with Crippen molar-refractivity contribution >= 4 is 32.6 Å². The molecule has 0 fully saturated rings. The zero-order valence-corrected chi connectivity index (χ0v) is 35.1. The quantitative estimate of drug-likeness (QED) is 0.153. The largest absolute Gasteiger partial charge is 0.309 e. The molecule has 9 aromatic carbocycles. The van der Waals surface area contributed by atoms with Crippen LogP contribution in [0.1, 0.15) is 0 Å². The van der Waals surface area contributed by atoms with E-state index in [1.807, 2.05) is 66.7 Å². The van der Waals surface area contributed by atoms with E-state index in [1.165, 1.54) is 21.5 Å². The predicted molar refractivity (Wildman–Crippen MR) is 265 cm³/mol. The van der Waals surface area contributed by atoms with E-state index in [4.69, 9.17) is 24.9 Å². The molecule has 0 saturated carbocycles. The number of aromatic nitrogens is 6. The summed E-state index contributed by atoms with van der Waals surface area (Å²) < 4.78 is 2.35. The summed E-state index contributed by atoms with van der Waals surface area (Å²) in [5.74, 6) is 2.49. The molecule has 0 aliphatic heterocycles. The van der Waals surface area contributed by atoms with E-state index in [9.17, 15) is 0 Å². The van der Waals surface area contributed by atoms with Crippen molar-refractivity contribution in [3.63, 3.8) is 0 Å². The highest BCUT2D eigenvalue weighted by atomic mass is 15.0. The van der Waals surface area contributed by atoms with Crippen molar-refractivity contribution in [3.8, 4) is 84.9 Å². The van der Waals surface area contributed by atoms with Crippen molar-refractivity contribution in [1.82, 2.24) is 29.5 Å². The summed E-state index contributed by atoms with van der Waals surface area (Å²) in [6.45, 7) is 0. The first-order chi connectivity index (χ1) is 32.2. The lowest BCUT2D eigenvalue weighted by atomic mass is 9.99. The van der Waals surface area contributed by atoms with Gasteiger partial charge in [0.15, 0.2) is 23.3 Å². The average Bonchev–Trinajstić information content (AvgIpc) is 3.74. The van der Waals surface area contributed by atoms with Gasteiger partial charge in [-0.2, -0.15) is 0 Å². The highest BCUT2D eigenvalue weighted by Crippen LogP contribution is 2.39. The van der Waals surface area contributed by atoms with Crippen molar-refractivity contribution in [2.75, 3.05) is 0 Å². The van der Waals surface area contributed by atoms with Gasteiger partial charge in [-0.3, -0.25) is 0 Å². The molecule has 0 aliphatic rings. The van der Waals surface area contributed by atoms with Crippen LogP contribution in [0.15, 0.2) is 231 Å². The van der Waals surface area contributed by atoms with Crippen LogP contribution in [0.4, 0.5) is 0 Å². The molecule has 6 heteroatoms. The third-order valence-corrected chi connectivity index (χ3v) is 12.0. The lowest BCUT2D eigenvalue weighted by Crippen LogP contribution is -2.00. The topological polar surface area (TPSA) is 69.4 Å².